The van der Waals surface area contributed by atoms with Gasteiger partial charge in [0.25, 0.3) is 0 Å². The van der Waals surface area contributed by atoms with Crippen LogP contribution in [0.2, 0.25) is 0 Å². The molecule has 0 fully saturated rings. The molecule has 0 aliphatic rings. The van der Waals surface area contributed by atoms with E-state index in [0.29, 0.717) is 0 Å². The fourth-order valence-electron chi connectivity index (χ4n) is 0.792. The highest BCUT2D eigenvalue weighted by molar-refractivity contribution is 7.99. The van der Waals surface area contributed by atoms with Gasteiger partial charge in [-0.25, -0.2) is 4.98 Å². The van der Waals surface area contributed by atoms with Gasteiger partial charge in [0, 0.05) is 11.9 Å². The zero-order valence-corrected chi connectivity index (χ0v) is 8.69. The Morgan fingerprint density at radius 3 is 2.67 bits per heavy atom. The van der Waals surface area contributed by atoms with Gasteiger partial charge in [0.1, 0.15) is 0 Å². The van der Waals surface area contributed by atoms with E-state index in [1.807, 2.05) is 18.0 Å². The maximum absolute atomic E-state index is 4.31. The molecule has 0 unspecified atom stereocenters. The standard InChI is InChI=1S/C10H15NS/c1-8(2)7-12-10-5-4-9(3)6-11-10/h4-6,8H,7H2,1-3H3. The van der Waals surface area contributed by atoms with Crippen molar-refractivity contribution in [3.8, 4) is 0 Å². The molecule has 0 aromatic carbocycles. The van der Waals surface area contributed by atoms with Crippen LogP contribution in [0.5, 0.6) is 0 Å². The number of nitrogens with zero attached hydrogens (tertiary/aromatic N) is 1. The van der Waals surface area contributed by atoms with Crippen molar-refractivity contribution in [1.82, 2.24) is 4.98 Å². The quantitative estimate of drug-likeness (QED) is 0.664. The lowest BCUT2D eigenvalue weighted by Gasteiger charge is -2.03. The van der Waals surface area contributed by atoms with Crippen LogP contribution < -0.4 is 0 Å². The normalized spacial score (nSPS) is 10.7. The number of hydrogen-bond acceptors (Lipinski definition) is 2. The summed E-state index contributed by atoms with van der Waals surface area (Å²) in [4.78, 5) is 4.31. The van der Waals surface area contributed by atoms with Crippen LogP contribution in [0.4, 0.5) is 0 Å². The van der Waals surface area contributed by atoms with E-state index in [1.165, 1.54) is 5.56 Å². The van der Waals surface area contributed by atoms with E-state index in [4.69, 9.17) is 0 Å². The van der Waals surface area contributed by atoms with Gasteiger partial charge in [0.2, 0.25) is 0 Å². The topological polar surface area (TPSA) is 12.9 Å². The predicted octanol–water partition coefficient (Wildman–Crippen LogP) is 3.14. The molecule has 66 valence electrons. The first-order valence-corrected chi connectivity index (χ1v) is 5.22. The van der Waals surface area contributed by atoms with Crippen LogP contribution in [0.1, 0.15) is 19.4 Å². The van der Waals surface area contributed by atoms with Crippen molar-refractivity contribution in [2.45, 2.75) is 25.8 Å². The summed E-state index contributed by atoms with van der Waals surface area (Å²) in [7, 11) is 0. The van der Waals surface area contributed by atoms with Crippen molar-refractivity contribution < 1.29 is 0 Å². The van der Waals surface area contributed by atoms with Crippen LogP contribution >= 0.6 is 11.8 Å². The molecule has 0 N–H and O–H groups in total. The van der Waals surface area contributed by atoms with E-state index in [0.717, 1.165) is 16.7 Å². The number of aromatic nitrogens is 1. The first kappa shape index (κ1) is 9.59. The third-order valence-electron chi connectivity index (χ3n) is 1.45. The number of rotatable bonds is 3. The zero-order chi connectivity index (χ0) is 8.97. The van der Waals surface area contributed by atoms with Crippen LogP contribution in [0.3, 0.4) is 0 Å². The van der Waals surface area contributed by atoms with E-state index < -0.39 is 0 Å². The van der Waals surface area contributed by atoms with Gasteiger partial charge in [-0.2, -0.15) is 0 Å². The fourth-order valence-corrected chi connectivity index (χ4v) is 1.59. The highest BCUT2D eigenvalue weighted by Gasteiger charge is 1.97. The Morgan fingerprint density at radius 2 is 2.17 bits per heavy atom. The Hall–Kier alpha value is -0.500. The zero-order valence-electron chi connectivity index (χ0n) is 7.87. The third kappa shape index (κ3) is 3.26. The van der Waals surface area contributed by atoms with Crippen molar-refractivity contribution >= 4 is 11.8 Å². The lowest BCUT2D eigenvalue weighted by Crippen LogP contribution is -1.91. The van der Waals surface area contributed by atoms with Crippen LogP contribution in [-0.2, 0) is 0 Å². The van der Waals surface area contributed by atoms with Gasteiger partial charge >= 0.3 is 0 Å². The highest BCUT2D eigenvalue weighted by atomic mass is 32.2. The molecule has 0 aliphatic carbocycles. The van der Waals surface area contributed by atoms with E-state index >= 15 is 0 Å². The van der Waals surface area contributed by atoms with Gasteiger partial charge in [0.15, 0.2) is 0 Å². The molecule has 1 nitrogen and oxygen atoms in total. The monoisotopic (exact) mass is 181 g/mol. The van der Waals surface area contributed by atoms with E-state index in [2.05, 4.69) is 37.9 Å². The Kier molecular flexibility index (Phi) is 3.60. The van der Waals surface area contributed by atoms with Crippen molar-refractivity contribution in [2.75, 3.05) is 5.75 Å². The summed E-state index contributed by atoms with van der Waals surface area (Å²) in [6, 6.07) is 4.19. The molecule has 0 bridgehead atoms. The Bertz CT molecular complexity index is 228. The molecule has 0 atom stereocenters. The van der Waals surface area contributed by atoms with Crippen molar-refractivity contribution in [3.63, 3.8) is 0 Å². The van der Waals surface area contributed by atoms with Crippen LogP contribution in [0.25, 0.3) is 0 Å². The van der Waals surface area contributed by atoms with E-state index in [9.17, 15) is 0 Å². The van der Waals surface area contributed by atoms with Crippen molar-refractivity contribution in [2.24, 2.45) is 5.92 Å². The SMILES string of the molecule is Cc1ccc(SCC(C)C)nc1. The molecule has 1 heterocycles. The molecule has 1 aromatic heterocycles. The third-order valence-corrected chi connectivity index (χ3v) is 2.82. The first-order chi connectivity index (χ1) is 5.68. The summed E-state index contributed by atoms with van der Waals surface area (Å²) in [6.07, 6.45) is 1.92. The summed E-state index contributed by atoms with van der Waals surface area (Å²) in [6.45, 7) is 6.51. The predicted molar refractivity (Wildman–Crippen MR) is 54.5 cm³/mol. The van der Waals surface area contributed by atoms with Crippen LogP contribution in [0.15, 0.2) is 23.4 Å². The van der Waals surface area contributed by atoms with Gasteiger partial charge in [0.05, 0.1) is 5.03 Å². The minimum atomic E-state index is 0.734. The summed E-state index contributed by atoms with van der Waals surface area (Å²) < 4.78 is 0. The average Bonchev–Trinajstić information content (AvgIpc) is 2.03. The molecule has 0 amide bonds. The lowest BCUT2D eigenvalue weighted by atomic mass is 10.3. The lowest BCUT2D eigenvalue weighted by molar-refractivity contribution is 0.749. The number of pyridine rings is 1. The molecular formula is C10H15NS. The molecule has 0 radical (unpaired) electrons. The highest BCUT2D eigenvalue weighted by Crippen LogP contribution is 2.17. The minimum absolute atomic E-state index is 0.734. The minimum Gasteiger partial charge on any atom is -0.250 e. The molecule has 0 saturated carbocycles. The molecule has 0 aliphatic heterocycles. The second-order valence-corrected chi connectivity index (χ2v) is 4.42. The molecular weight excluding hydrogens is 166 g/mol. The molecule has 0 spiro atoms. The second kappa shape index (κ2) is 4.51. The summed E-state index contributed by atoms with van der Waals surface area (Å²) in [5.41, 5.74) is 1.23. The van der Waals surface area contributed by atoms with E-state index in [-0.39, 0.29) is 0 Å². The first-order valence-electron chi connectivity index (χ1n) is 4.24. The van der Waals surface area contributed by atoms with E-state index in [1.54, 1.807) is 0 Å². The summed E-state index contributed by atoms with van der Waals surface area (Å²) in [5.74, 6) is 1.88. The summed E-state index contributed by atoms with van der Waals surface area (Å²) >= 11 is 1.83. The largest absolute Gasteiger partial charge is 0.250 e. The fraction of sp³-hybridized carbons (Fsp3) is 0.500. The Labute approximate surface area is 78.6 Å². The smallest absolute Gasteiger partial charge is 0.0960 e. The maximum Gasteiger partial charge on any atom is 0.0960 e. The molecule has 0 saturated heterocycles. The van der Waals surface area contributed by atoms with Gasteiger partial charge in [-0.3, -0.25) is 0 Å². The van der Waals surface area contributed by atoms with Gasteiger partial charge in [-0.05, 0) is 24.5 Å². The Balaban J connectivity index is 2.48. The molecule has 1 aromatic rings. The van der Waals surface area contributed by atoms with Crippen LogP contribution in [0, 0.1) is 12.8 Å². The molecule has 1 rings (SSSR count). The van der Waals surface area contributed by atoms with Gasteiger partial charge in [-0.15, -0.1) is 11.8 Å². The number of thioether (sulfide) groups is 1. The van der Waals surface area contributed by atoms with Crippen molar-refractivity contribution in [3.05, 3.63) is 23.9 Å². The average molecular weight is 181 g/mol. The van der Waals surface area contributed by atoms with Gasteiger partial charge in [-0.1, -0.05) is 19.9 Å². The summed E-state index contributed by atoms with van der Waals surface area (Å²) in [5, 5.41) is 1.13. The van der Waals surface area contributed by atoms with Crippen LogP contribution in [-0.4, -0.2) is 10.7 Å². The molecule has 12 heavy (non-hydrogen) atoms. The van der Waals surface area contributed by atoms with Gasteiger partial charge < -0.3 is 0 Å². The van der Waals surface area contributed by atoms with Crippen molar-refractivity contribution in [1.29, 1.82) is 0 Å². The molecule has 2 heteroatoms. The number of hydrogen-bond donors (Lipinski definition) is 0. The second-order valence-electron chi connectivity index (χ2n) is 3.38. The number of aryl methyl sites for hydroxylation is 1. The maximum atomic E-state index is 4.31. The Morgan fingerprint density at radius 1 is 1.42 bits per heavy atom.